The highest BCUT2D eigenvalue weighted by Gasteiger charge is 2.29. The minimum atomic E-state index is -0.0497. The average Bonchev–Trinajstić information content (AvgIpc) is 3.20. The average molecular weight is 360 g/mol. The molecule has 1 aliphatic carbocycles. The molecule has 3 nitrogen and oxygen atoms in total. The van der Waals surface area contributed by atoms with Crippen LogP contribution in [0.25, 0.3) is 16.6 Å². The highest BCUT2D eigenvalue weighted by molar-refractivity contribution is 5.84. The highest BCUT2D eigenvalue weighted by Crippen LogP contribution is 2.36. The molecule has 0 aliphatic heterocycles. The second kappa shape index (κ2) is 6.26. The number of imidazole rings is 1. The van der Waals surface area contributed by atoms with Crippen molar-refractivity contribution in [3.05, 3.63) is 66.4 Å². The van der Waals surface area contributed by atoms with Crippen LogP contribution in [0.5, 0.6) is 0 Å². The molecule has 1 N–H and O–H groups in total. The molecule has 0 fully saturated rings. The summed E-state index contributed by atoms with van der Waals surface area (Å²) in [6.45, 7) is 11.5. The van der Waals surface area contributed by atoms with Gasteiger partial charge < -0.3 is 5.32 Å². The third-order valence-corrected chi connectivity index (χ3v) is 5.01. The summed E-state index contributed by atoms with van der Waals surface area (Å²) in [4.78, 5) is 5.02. The van der Waals surface area contributed by atoms with E-state index in [4.69, 9.17) is 4.98 Å². The first-order valence-corrected chi connectivity index (χ1v) is 9.77. The summed E-state index contributed by atoms with van der Waals surface area (Å²) in [6.07, 6.45) is 9.71. The van der Waals surface area contributed by atoms with Gasteiger partial charge in [0, 0.05) is 11.5 Å². The lowest BCUT2D eigenvalue weighted by molar-refractivity contribution is 0.302. The van der Waals surface area contributed by atoms with Crippen molar-refractivity contribution in [3.8, 4) is 0 Å². The van der Waals surface area contributed by atoms with Crippen LogP contribution in [0.3, 0.4) is 0 Å². The number of rotatable bonds is 4. The molecule has 0 saturated carbocycles. The summed E-state index contributed by atoms with van der Waals surface area (Å²) in [6, 6.07) is 12.8. The Kier molecular flexibility index (Phi) is 4.14. The van der Waals surface area contributed by atoms with E-state index >= 15 is 0 Å². The lowest BCUT2D eigenvalue weighted by atomic mass is 9.81. The van der Waals surface area contributed by atoms with Crippen LogP contribution in [-0.4, -0.2) is 14.9 Å². The van der Waals surface area contributed by atoms with Gasteiger partial charge in [-0.2, -0.15) is 0 Å². The van der Waals surface area contributed by atoms with Crippen molar-refractivity contribution in [1.29, 1.82) is 0 Å². The van der Waals surface area contributed by atoms with Crippen LogP contribution in [0.15, 0.2) is 60.7 Å². The third kappa shape index (κ3) is 3.51. The number of allylic oxidation sites excluding steroid dienone is 4. The van der Waals surface area contributed by atoms with E-state index in [0.29, 0.717) is 0 Å². The van der Waals surface area contributed by atoms with Crippen molar-refractivity contribution in [2.24, 2.45) is 5.41 Å². The van der Waals surface area contributed by atoms with Crippen molar-refractivity contribution < 1.29 is 0 Å². The standard InChI is InChI=1S/C24H29N3/c1-23(2,3)16-24(4,5)26-22-21(18-11-6-7-12-18)25-20-15-14-17-10-8-9-13-19(17)27(20)22/h6-15,18,26H,16H2,1-5H3. The normalized spacial score (nSPS) is 15.3. The van der Waals surface area contributed by atoms with Gasteiger partial charge >= 0.3 is 0 Å². The number of fused-ring (bicyclic) bond motifs is 3. The Morgan fingerprint density at radius 1 is 0.963 bits per heavy atom. The van der Waals surface area contributed by atoms with E-state index in [-0.39, 0.29) is 16.9 Å². The second-order valence-electron chi connectivity index (χ2n) is 9.47. The Bertz CT molecular complexity index is 1030. The van der Waals surface area contributed by atoms with Gasteiger partial charge in [-0.3, -0.25) is 4.40 Å². The van der Waals surface area contributed by atoms with Crippen molar-refractivity contribution >= 4 is 22.4 Å². The first-order valence-electron chi connectivity index (χ1n) is 9.77. The molecule has 0 amide bonds. The molecule has 1 aromatic carbocycles. The number of anilines is 1. The maximum absolute atomic E-state index is 5.02. The van der Waals surface area contributed by atoms with E-state index in [9.17, 15) is 0 Å². The Morgan fingerprint density at radius 3 is 2.37 bits per heavy atom. The van der Waals surface area contributed by atoms with Crippen LogP contribution in [0.4, 0.5) is 5.82 Å². The van der Waals surface area contributed by atoms with Gasteiger partial charge in [-0.25, -0.2) is 4.98 Å². The summed E-state index contributed by atoms with van der Waals surface area (Å²) >= 11 is 0. The smallest absolute Gasteiger partial charge is 0.139 e. The molecular weight excluding hydrogens is 330 g/mol. The van der Waals surface area contributed by atoms with E-state index in [2.05, 4.69) is 105 Å². The van der Waals surface area contributed by atoms with Gasteiger partial charge in [0.25, 0.3) is 0 Å². The van der Waals surface area contributed by atoms with Gasteiger partial charge in [0.1, 0.15) is 11.5 Å². The Morgan fingerprint density at radius 2 is 1.67 bits per heavy atom. The zero-order valence-corrected chi connectivity index (χ0v) is 17.0. The number of hydrogen-bond acceptors (Lipinski definition) is 2. The van der Waals surface area contributed by atoms with Crippen LogP contribution < -0.4 is 5.32 Å². The minimum Gasteiger partial charge on any atom is -0.365 e. The lowest BCUT2D eigenvalue weighted by Gasteiger charge is -2.34. The fourth-order valence-electron chi connectivity index (χ4n) is 4.46. The molecule has 27 heavy (non-hydrogen) atoms. The van der Waals surface area contributed by atoms with Gasteiger partial charge in [-0.05, 0) is 49.3 Å². The van der Waals surface area contributed by atoms with Crippen LogP contribution in [-0.2, 0) is 0 Å². The van der Waals surface area contributed by atoms with Crippen LogP contribution in [0.2, 0.25) is 0 Å². The van der Waals surface area contributed by atoms with E-state index in [1.165, 1.54) is 10.9 Å². The number of aromatic nitrogens is 2. The van der Waals surface area contributed by atoms with E-state index < -0.39 is 0 Å². The van der Waals surface area contributed by atoms with E-state index in [1.54, 1.807) is 0 Å². The van der Waals surface area contributed by atoms with Crippen molar-refractivity contribution in [2.45, 2.75) is 52.5 Å². The van der Waals surface area contributed by atoms with Gasteiger partial charge in [0.15, 0.2) is 0 Å². The zero-order chi connectivity index (χ0) is 19.2. The molecule has 0 radical (unpaired) electrons. The van der Waals surface area contributed by atoms with Crippen molar-refractivity contribution in [2.75, 3.05) is 5.32 Å². The molecule has 2 heterocycles. The SMILES string of the molecule is CC(C)(C)CC(C)(C)Nc1c(C2C=CC=C2)nc2ccc3ccccc3n12. The predicted molar refractivity (Wildman–Crippen MR) is 115 cm³/mol. The fourth-order valence-corrected chi connectivity index (χ4v) is 4.46. The molecular formula is C24H29N3. The topological polar surface area (TPSA) is 29.3 Å². The largest absolute Gasteiger partial charge is 0.365 e. The maximum Gasteiger partial charge on any atom is 0.139 e. The van der Waals surface area contributed by atoms with Gasteiger partial charge in [-0.1, -0.05) is 63.3 Å². The number of nitrogens with zero attached hydrogens (tertiary/aromatic N) is 2. The molecule has 0 unspecified atom stereocenters. The summed E-state index contributed by atoms with van der Waals surface area (Å²) in [5.41, 5.74) is 3.47. The first-order chi connectivity index (χ1) is 12.7. The number of benzene rings is 1. The molecule has 0 spiro atoms. The summed E-state index contributed by atoms with van der Waals surface area (Å²) in [7, 11) is 0. The van der Waals surface area contributed by atoms with E-state index in [1.807, 2.05) is 0 Å². The van der Waals surface area contributed by atoms with Gasteiger partial charge in [0.2, 0.25) is 0 Å². The molecule has 140 valence electrons. The summed E-state index contributed by atoms with van der Waals surface area (Å²) in [5, 5.41) is 5.09. The van der Waals surface area contributed by atoms with Crippen LogP contribution in [0, 0.1) is 5.41 Å². The molecule has 0 atom stereocenters. The third-order valence-electron chi connectivity index (χ3n) is 5.01. The number of pyridine rings is 1. The van der Waals surface area contributed by atoms with Crippen LogP contribution >= 0.6 is 0 Å². The Hall–Kier alpha value is -2.55. The summed E-state index contributed by atoms with van der Waals surface area (Å²) in [5.74, 6) is 1.33. The quantitative estimate of drug-likeness (QED) is 0.590. The minimum absolute atomic E-state index is 0.0497. The molecule has 4 rings (SSSR count). The van der Waals surface area contributed by atoms with Gasteiger partial charge in [-0.15, -0.1) is 0 Å². The van der Waals surface area contributed by atoms with Crippen molar-refractivity contribution in [1.82, 2.24) is 9.38 Å². The molecule has 0 bridgehead atoms. The molecule has 0 saturated heterocycles. The monoisotopic (exact) mass is 359 g/mol. The zero-order valence-electron chi connectivity index (χ0n) is 17.0. The number of hydrogen-bond donors (Lipinski definition) is 1. The highest BCUT2D eigenvalue weighted by atomic mass is 15.2. The predicted octanol–water partition coefficient (Wildman–Crippen LogP) is 6.32. The number of nitrogens with one attached hydrogen (secondary N) is 1. The fraction of sp³-hybridized carbons (Fsp3) is 0.375. The second-order valence-corrected chi connectivity index (χ2v) is 9.47. The molecule has 3 aromatic rings. The van der Waals surface area contributed by atoms with E-state index in [0.717, 1.165) is 23.6 Å². The maximum atomic E-state index is 5.02. The molecule has 3 heteroatoms. The Balaban J connectivity index is 1.92. The van der Waals surface area contributed by atoms with Gasteiger partial charge in [0.05, 0.1) is 11.2 Å². The molecule has 2 aromatic heterocycles. The van der Waals surface area contributed by atoms with Crippen LogP contribution in [0.1, 0.15) is 52.7 Å². The first kappa shape index (κ1) is 17.8. The Labute approximate surface area is 161 Å². The molecule has 1 aliphatic rings. The lowest BCUT2D eigenvalue weighted by Crippen LogP contribution is -2.36. The van der Waals surface area contributed by atoms with Crippen molar-refractivity contribution in [3.63, 3.8) is 0 Å². The number of para-hydroxylation sites is 1. The summed E-state index contributed by atoms with van der Waals surface area (Å²) < 4.78 is 2.29.